The summed E-state index contributed by atoms with van der Waals surface area (Å²) in [5, 5.41) is 0. The molecule has 0 unspecified atom stereocenters. The van der Waals surface area contributed by atoms with Gasteiger partial charge in [0.05, 0.1) is 0 Å². The van der Waals surface area contributed by atoms with E-state index in [1.807, 2.05) is 11.0 Å². The van der Waals surface area contributed by atoms with Gasteiger partial charge < -0.3 is 4.90 Å². The SMILES string of the molecule is C=CCCN1CCC1=O. The van der Waals surface area contributed by atoms with Gasteiger partial charge in [0, 0.05) is 19.5 Å². The van der Waals surface area contributed by atoms with Crippen LogP contribution in [0.3, 0.4) is 0 Å². The zero-order valence-electron chi connectivity index (χ0n) is 5.47. The van der Waals surface area contributed by atoms with Gasteiger partial charge in [-0.3, -0.25) is 4.79 Å². The number of nitrogens with zero attached hydrogens (tertiary/aromatic N) is 1. The van der Waals surface area contributed by atoms with Crippen LogP contribution in [0, 0.1) is 0 Å². The highest BCUT2D eigenvalue weighted by Crippen LogP contribution is 2.07. The molecule has 0 bridgehead atoms. The predicted octanol–water partition coefficient (Wildman–Crippen LogP) is 0.795. The molecule has 0 aliphatic carbocycles. The highest BCUT2D eigenvalue weighted by Gasteiger charge is 2.21. The summed E-state index contributed by atoms with van der Waals surface area (Å²) in [4.78, 5) is 12.5. The Morgan fingerprint density at radius 3 is 2.89 bits per heavy atom. The molecule has 0 aromatic heterocycles. The molecule has 2 heteroatoms. The van der Waals surface area contributed by atoms with E-state index in [4.69, 9.17) is 0 Å². The quantitative estimate of drug-likeness (QED) is 0.403. The van der Waals surface area contributed by atoms with Gasteiger partial charge >= 0.3 is 0 Å². The molecular formula is C7H11NO. The molecule has 0 atom stereocenters. The van der Waals surface area contributed by atoms with Gasteiger partial charge in [0.15, 0.2) is 0 Å². The van der Waals surface area contributed by atoms with Crippen LogP contribution in [0.1, 0.15) is 12.8 Å². The number of carbonyl (C=O) groups is 1. The fourth-order valence-corrected chi connectivity index (χ4v) is 0.845. The molecule has 1 saturated heterocycles. The summed E-state index contributed by atoms with van der Waals surface area (Å²) in [5.41, 5.74) is 0. The minimum Gasteiger partial charge on any atom is -0.342 e. The second-order valence-corrected chi connectivity index (χ2v) is 2.21. The minimum atomic E-state index is 0.289. The van der Waals surface area contributed by atoms with Crippen molar-refractivity contribution in [1.82, 2.24) is 4.90 Å². The maximum absolute atomic E-state index is 10.6. The molecule has 1 heterocycles. The standard InChI is InChI=1S/C7H11NO/c1-2-3-5-8-6-4-7(8)9/h2H,1,3-6H2. The first-order chi connectivity index (χ1) is 4.34. The van der Waals surface area contributed by atoms with Gasteiger partial charge in [0.2, 0.25) is 5.91 Å². The molecule has 0 saturated carbocycles. The van der Waals surface area contributed by atoms with E-state index in [1.165, 1.54) is 0 Å². The van der Waals surface area contributed by atoms with Gasteiger partial charge in [-0.05, 0) is 6.42 Å². The van der Waals surface area contributed by atoms with Crippen LogP contribution in [-0.4, -0.2) is 23.9 Å². The number of rotatable bonds is 3. The number of β-lactam (4-membered cyclic amide) rings is 1. The Hall–Kier alpha value is -0.790. The van der Waals surface area contributed by atoms with E-state index < -0.39 is 0 Å². The van der Waals surface area contributed by atoms with Crippen LogP contribution in [0.25, 0.3) is 0 Å². The van der Waals surface area contributed by atoms with Gasteiger partial charge in [-0.15, -0.1) is 6.58 Å². The predicted molar refractivity (Wildman–Crippen MR) is 36.0 cm³/mol. The lowest BCUT2D eigenvalue weighted by molar-refractivity contribution is -0.139. The summed E-state index contributed by atoms with van der Waals surface area (Å²) < 4.78 is 0. The summed E-state index contributed by atoms with van der Waals surface area (Å²) in [7, 11) is 0. The Morgan fingerprint density at radius 2 is 2.56 bits per heavy atom. The molecule has 0 spiro atoms. The normalized spacial score (nSPS) is 17.3. The van der Waals surface area contributed by atoms with E-state index in [-0.39, 0.29) is 5.91 Å². The Kier molecular flexibility index (Phi) is 1.88. The van der Waals surface area contributed by atoms with Gasteiger partial charge in [-0.1, -0.05) is 6.08 Å². The number of carbonyl (C=O) groups excluding carboxylic acids is 1. The zero-order chi connectivity index (χ0) is 6.69. The van der Waals surface area contributed by atoms with Crippen molar-refractivity contribution in [3.05, 3.63) is 12.7 Å². The number of amides is 1. The van der Waals surface area contributed by atoms with Crippen molar-refractivity contribution in [2.24, 2.45) is 0 Å². The summed E-state index contributed by atoms with van der Waals surface area (Å²) in [6.45, 7) is 5.39. The fourth-order valence-electron chi connectivity index (χ4n) is 0.845. The molecule has 1 rings (SSSR count). The first-order valence-electron chi connectivity index (χ1n) is 3.23. The Labute approximate surface area is 55.2 Å². The van der Waals surface area contributed by atoms with Crippen LogP contribution in [0.15, 0.2) is 12.7 Å². The molecular weight excluding hydrogens is 114 g/mol. The van der Waals surface area contributed by atoms with Crippen LogP contribution >= 0.6 is 0 Å². The largest absolute Gasteiger partial charge is 0.342 e. The van der Waals surface area contributed by atoms with Crippen molar-refractivity contribution in [3.63, 3.8) is 0 Å². The molecule has 2 nitrogen and oxygen atoms in total. The van der Waals surface area contributed by atoms with Gasteiger partial charge in [0.25, 0.3) is 0 Å². The lowest BCUT2D eigenvalue weighted by atomic mass is 10.2. The van der Waals surface area contributed by atoms with Crippen molar-refractivity contribution in [2.75, 3.05) is 13.1 Å². The molecule has 1 amide bonds. The highest BCUT2D eigenvalue weighted by atomic mass is 16.2. The van der Waals surface area contributed by atoms with Crippen molar-refractivity contribution in [3.8, 4) is 0 Å². The fraction of sp³-hybridized carbons (Fsp3) is 0.571. The molecule has 50 valence electrons. The molecule has 0 aromatic carbocycles. The van der Waals surface area contributed by atoms with Crippen molar-refractivity contribution in [2.45, 2.75) is 12.8 Å². The van der Waals surface area contributed by atoms with E-state index in [0.29, 0.717) is 0 Å². The highest BCUT2D eigenvalue weighted by molar-refractivity contribution is 5.81. The van der Waals surface area contributed by atoms with E-state index in [2.05, 4.69) is 6.58 Å². The maximum atomic E-state index is 10.6. The van der Waals surface area contributed by atoms with Crippen LogP contribution in [0.4, 0.5) is 0 Å². The van der Waals surface area contributed by atoms with Crippen LogP contribution in [-0.2, 0) is 4.79 Å². The Morgan fingerprint density at radius 1 is 1.78 bits per heavy atom. The topological polar surface area (TPSA) is 20.3 Å². The molecule has 0 radical (unpaired) electrons. The third kappa shape index (κ3) is 1.31. The van der Waals surface area contributed by atoms with E-state index in [0.717, 1.165) is 25.9 Å². The summed E-state index contributed by atoms with van der Waals surface area (Å²) in [6.07, 6.45) is 3.51. The third-order valence-electron chi connectivity index (χ3n) is 1.55. The summed E-state index contributed by atoms with van der Waals surface area (Å²) in [5.74, 6) is 0.289. The number of likely N-dealkylation sites (tertiary alicyclic amines) is 1. The van der Waals surface area contributed by atoms with Gasteiger partial charge in [-0.2, -0.15) is 0 Å². The van der Waals surface area contributed by atoms with Gasteiger partial charge in [0.1, 0.15) is 0 Å². The van der Waals surface area contributed by atoms with Crippen molar-refractivity contribution in [1.29, 1.82) is 0 Å². The van der Waals surface area contributed by atoms with Crippen molar-refractivity contribution < 1.29 is 4.79 Å². The van der Waals surface area contributed by atoms with Crippen LogP contribution < -0.4 is 0 Å². The van der Waals surface area contributed by atoms with Crippen LogP contribution in [0.5, 0.6) is 0 Å². The second-order valence-electron chi connectivity index (χ2n) is 2.21. The summed E-state index contributed by atoms with van der Waals surface area (Å²) >= 11 is 0. The number of hydrogen-bond acceptors (Lipinski definition) is 1. The molecule has 1 fully saturated rings. The van der Waals surface area contributed by atoms with Gasteiger partial charge in [-0.25, -0.2) is 0 Å². The summed E-state index contributed by atoms with van der Waals surface area (Å²) in [6, 6.07) is 0. The minimum absolute atomic E-state index is 0.289. The zero-order valence-corrected chi connectivity index (χ0v) is 5.47. The van der Waals surface area contributed by atoms with E-state index >= 15 is 0 Å². The molecule has 1 aliphatic heterocycles. The Balaban J connectivity index is 2.13. The van der Waals surface area contributed by atoms with E-state index in [9.17, 15) is 4.79 Å². The molecule has 9 heavy (non-hydrogen) atoms. The first kappa shape index (κ1) is 6.33. The first-order valence-corrected chi connectivity index (χ1v) is 3.23. The monoisotopic (exact) mass is 125 g/mol. The third-order valence-corrected chi connectivity index (χ3v) is 1.55. The average molecular weight is 125 g/mol. The smallest absolute Gasteiger partial charge is 0.224 e. The lowest BCUT2D eigenvalue weighted by Crippen LogP contribution is -2.43. The average Bonchev–Trinajstić information content (AvgIpc) is 1.86. The molecule has 0 aromatic rings. The second kappa shape index (κ2) is 2.67. The molecule has 0 N–H and O–H groups in total. The van der Waals surface area contributed by atoms with Crippen molar-refractivity contribution >= 4 is 5.91 Å². The van der Waals surface area contributed by atoms with Crippen LogP contribution in [0.2, 0.25) is 0 Å². The lowest BCUT2D eigenvalue weighted by Gasteiger charge is -2.29. The maximum Gasteiger partial charge on any atom is 0.224 e. The molecule has 1 aliphatic rings. The Bertz CT molecular complexity index is 131. The van der Waals surface area contributed by atoms with E-state index in [1.54, 1.807) is 0 Å². The number of hydrogen-bond donors (Lipinski definition) is 0.